The summed E-state index contributed by atoms with van der Waals surface area (Å²) < 4.78 is 41.6. The molecule has 0 saturated heterocycles. The van der Waals surface area contributed by atoms with Crippen molar-refractivity contribution < 1.29 is 17.9 Å². The summed E-state index contributed by atoms with van der Waals surface area (Å²) in [5.74, 6) is 0. The highest BCUT2D eigenvalue weighted by atomic mass is 32.1. The Morgan fingerprint density at radius 3 is 2.50 bits per heavy atom. The van der Waals surface area contributed by atoms with Crippen LogP contribution in [0.15, 0.2) is 18.2 Å². The summed E-state index contributed by atoms with van der Waals surface area (Å²) in [5.41, 5.74) is 7.64. The minimum atomic E-state index is -4.34. The van der Waals surface area contributed by atoms with E-state index in [-0.39, 0.29) is 11.6 Å². The van der Waals surface area contributed by atoms with E-state index in [2.05, 4.69) is 0 Å². The van der Waals surface area contributed by atoms with Crippen molar-refractivity contribution in [2.75, 3.05) is 0 Å². The van der Waals surface area contributed by atoms with Crippen LogP contribution in [0.1, 0.15) is 23.6 Å². The lowest BCUT2D eigenvalue weighted by molar-refractivity contribution is -0.217. The van der Waals surface area contributed by atoms with Gasteiger partial charge < -0.3 is 10.5 Å². The Labute approximate surface area is 109 Å². The van der Waals surface area contributed by atoms with Crippen LogP contribution >= 0.6 is 12.2 Å². The first-order chi connectivity index (χ1) is 8.21. The van der Waals surface area contributed by atoms with Crippen LogP contribution in [0.4, 0.5) is 13.2 Å². The van der Waals surface area contributed by atoms with Crippen molar-refractivity contribution in [3.63, 3.8) is 0 Å². The molecule has 100 valence electrons. The molecule has 2 N–H and O–H groups in total. The Morgan fingerprint density at radius 1 is 1.44 bits per heavy atom. The maximum absolute atomic E-state index is 12.3. The van der Waals surface area contributed by atoms with Gasteiger partial charge in [0, 0.05) is 5.56 Å². The number of benzene rings is 1. The second-order valence-electron chi connectivity index (χ2n) is 4.00. The number of hydrogen-bond donors (Lipinski definition) is 1. The Bertz CT molecular complexity index is 445. The van der Waals surface area contributed by atoms with Gasteiger partial charge in [0.15, 0.2) is 6.10 Å². The quantitative estimate of drug-likeness (QED) is 0.859. The highest BCUT2D eigenvalue weighted by Crippen LogP contribution is 2.23. The lowest BCUT2D eigenvalue weighted by atomic mass is 10.1. The largest absolute Gasteiger partial charge is 0.414 e. The fourth-order valence-electron chi connectivity index (χ4n) is 1.32. The standard InChI is InChI=1S/C12H14F3NOS/c1-7-5-9(11(16)18)3-4-10(7)6-17-8(2)12(13,14)15/h3-5,8H,6H2,1-2H3,(H2,16,18). The second kappa shape index (κ2) is 5.67. The van der Waals surface area contributed by atoms with Crippen LogP contribution < -0.4 is 5.73 Å². The molecule has 0 aromatic heterocycles. The molecule has 0 aliphatic rings. The van der Waals surface area contributed by atoms with Crippen molar-refractivity contribution in [2.45, 2.75) is 32.7 Å². The Morgan fingerprint density at radius 2 is 2.06 bits per heavy atom. The van der Waals surface area contributed by atoms with Gasteiger partial charge in [0.25, 0.3) is 0 Å². The third-order valence-corrected chi connectivity index (χ3v) is 2.81. The van der Waals surface area contributed by atoms with Gasteiger partial charge in [-0.25, -0.2) is 0 Å². The fourth-order valence-corrected chi connectivity index (χ4v) is 1.45. The molecule has 1 unspecified atom stereocenters. The summed E-state index contributed by atoms with van der Waals surface area (Å²) in [5, 5.41) is 0. The normalized spacial score (nSPS) is 13.4. The van der Waals surface area contributed by atoms with Crippen molar-refractivity contribution in [3.8, 4) is 0 Å². The number of halogens is 3. The molecule has 0 bridgehead atoms. The summed E-state index contributed by atoms with van der Waals surface area (Å²) in [6, 6.07) is 5.08. The second-order valence-corrected chi connectivity index (χ2v) is 4.44. The first-order valence-electron chi connectivity index (χ1n) is 5.29. The van der Waals surface area contributed by atoms with Gasteiger partial charge in [-0.05, 0) is 31.0 Å². The lowest BCUT2D eigenvalue weighted by Gasteiger charge is -2.17. The number of nitrogens with two attached hydrogens (primary N) is 1. The first kappa shape index (κ1) is 14.9. The smallest absolute Gasteiger partial charge is 0.389 e. The molecule has 0 spiro atoms. The first-order valence-corrected chi connectivity index (χ1v) is 5.70. The number of alkyl halides is 3. The van der Waals surface area contributed by atoms with Gasteiger partial charge in [0.1, 0.15) is 4.99 Å². The predicted molar refractivity (Wildman–Crippen MR) is 67.4 cm³/mol. The topological polar surface area (TPSA) is 35.2 Å². The molecule has 1 atom stereocenters. The summed E-state index contributed by atoms with van der Waals surface area (Å²) in [4.78, 5) is 0.259. The van der Waals surface area contributed by atoms with Crippen LogP contribution in [0.5, 0.6) is 0 Å². The van der Waals surface area contributed by atoms with E-state index in [0.717, 1.165) is 12.5 Å². The van der Waals surface area contributed by atoms with Gasteiger partial charge in [0.05, 0.1) is 6.61 Å². The molecule has 1 rings (SSSR count). The molecule has 0 aliphatic heterocycles. The molecule has 0 radical (unpaired) electrons. The number of ether oxygens (including phenoxy) is 1. The number of hydrogen-bond acceptors (Lipinski definition) is 2. The van der Waals surface area contributed by atoms with E-state index in [0.29, 0.717) is 11.1 Å². The molecule has 1 aromatic rings. The summed E-state index contributed by atoms with van der Waals surface area (Å²) in [6.07, 6.45) is -6.13. The van der Waals surface area contributed by atoms with Crippen molar-refractivity contribution in [3.05, 3.63) is 34.9 Å². The zero-order valence-electron chi connectivity index (χ0n) is 10.0. The van der Waals surface area contributed by atoms with Crippen molar-refractivity contribution in [1.82, 2.24) is 0 Å². The van der Waals surface area contributed by atoms with Gasteiger partial charge in [-0.15, -0.1) is 0 Å². The molecule has 0 aliphatic carbocycles. The average Bonchev–Trinajstić information content (AvgIpc) is 2.25. The minimum absolute atomic E-state index is 0.0931. The Hall–Kier alpha value is -1.14. The van der Waals surface area contributed by atoms with Crippen LogP contribution in [0, 0.1) is 6.92 Å². The number of thiocarbonyl (C=S) groups is 1. The van der Waals surface area contributed by atoms with Crippen molar-refractivity contribution in [1.29, 1.82) is 0 Å². The Kier molecular flexibility index (Phi) is 4.70. The molecule has 2 nitrogen and oxygen atoms in total. The minimum Gasteiger partial charge on any atom is -0.389 e. The molecule has 6 heteroatoms. The molecule has 0 saturated carbocycles. The maximum Gasteiger partial charge on any atom is 0.414 e. The van der Waals surface area contributed by atoms with Crippen LogP contribution in [0.25, 0.3) is 0 Å². The third-order valence-electron chi connectivity index (χ3n) is 2.58. The van der Waals surface area contributed by atoms with Gasteiger partial charge >= 0.3 is 6.18 Å². The lowest BCUT2D eigenvalue weighted by Crippen LogP contribution is -2.28. The summed E-state index contributed by atoms with van der Waals surface area (Å²) in [6.45, 7) is 2.67. The Balaban J connectivity index is 2.72. The zero-order chi connectivity index (χ0) is 13.9. The van der Waals surface area contributed by atoms with E-state index in [1.807, 2.05) is 0 Å². The monoisotopic (exact) mass is 277 g/mol. The highest BCUT2D eigenvalue weighted by molar-refractivity contribution is 7.80. The molecule has 0 amide bonds. The van der Waals surface area contributed by atoms with Gasteiger partial charge in [-0.2, -0.15) is 13.2 Å². The molecular formula is C12H14F3NOS. The molecule has 18 heavy (non-hydrogen) atoms. The molecule has 0 fully saturated rings. The van der Waals surface area contributed by atoms with E-state index >= 15 is 0 Å². The maximum atomic E-state index is 12.3. The van der Waals surface area contributed by atoms with Crippen LogP contribution in [-0.4, -0.2) is 17.3 Å². The van der Waals surface area contributed by atoms with Gasteiger partial charge in [-0.1, -0.05) is 24.4 Å². The summed E-state index contributed by atoms with van der Waals surface area (Å²) in [7, 11) is 0. The van der Waals surface area contributed by atoms with E-state index in [1.165, 1.54) is 0 Å². The molecule has 0 heterocycles. The zero-order valence-corrected chi connectivity index (χ0v) is 10.9. The van der Waals surface area contributed by atoms with Gasteiger partial charge in [-0.3, -0.25) is 0 Å². The predicted octanol–water partition coefficient (Wildman–Crippen LogP) is 3.10. The van der Waals surface area contributed by atoms with Crippen LogP contribution in [0.2, 0.25) is 0 Å². The van der Waals surface area contributed by atoms with E-state index in [4.69, 9.17) is 22.7 Å². The SMILES string of the molecule is Cc1cc(C(N)=S)ccc1COC(C)C(F)(F)F. The van der Waals surface area contributed by atoms with Crippen molar-refractivity contribution >= 4 is 17.2 Å². The van der Waals surface area contributed by atoms with Crippen LogP contribution in [0.3, 0.4) is 0 Å². The molecular weight excluding hydrogens is 263 g/mol. The number of aryl methyl sites for hydroxylation is 1. The third kappa shape index (κ3) is 3.96. The van der Waals surface area contributed by atoms with Crippen molar-refractivity contribution in [2.24, 2.45) is 5.73 Å². The van der Waals surface area contributed by atoms with Crippen LogP contribution in [-0.2, 0) is 11.3 Å². The van der Waals surface area contributed by atoms with E-state index in [9.17, 15) is 13.2 Å². The van der Waals surface area contributed by atoms with E-state index in [1.54, 1.807) is 25.1 Å². The number of rotatable bonds is 4. The van der Waals surface area contributed by atoms with E-state index < -0.39 is 12.3 Å². The average molecular weight is 277 g/mol. The van der Waals surface area contributed by atoms with Gasteiger partial charge in [0.2, 0.25) is 0 Å². The summed E-state index contributed by atoms with van der Waals surface area (Å²) >= 11 is 4.82. The highest BCUT2D eigenvalue weighted by Gasteiger charge is 2.36. The fraction of sp³-hybridized carbons (Fsp3) is 0.417. The molecule has 1 aromatic carbocycles.